The molecule has 0 aliphatic heterocycles. The van der Waals surface area contributed by atoms with Gasteiger partial charge in [0.15, 0.2) is 5.78 Å². The van der Waals surface area contributed by atoms with Gasteiger partial charge in [-0.25, -0.2) is 9.37 Å². The Balaban J connectivity index is 2.03. The van der Waals surface area contributed by atoms with Gasteiger partial charge >= 0.3 is 0 Å². The van der Waals surface area contributed by atoms with Crippen LogP contribution in [0.1, 0.15) is 21.5 Å². The highest BCUT2D eigenvalue weighted by atomic mass is 35.5. The van der Waals surface area contributed by atoms with Gasteiger partial charge in [-0.05, 0) is 29.8 Å². The number of anilines is 1. The van der Waals surface area contributed by atoms with E-state index >= 15 is 0 Å². The van der Waals surface area contributed by atoms with Gasteiger partial charge in [0.25, 0.3) is 0 Å². The Bertz CT molecular complexity index is 1300. The third-order valence-corrected chi connectivity index (χ3v) is 5.99. The summed E-state index contributed by atoms with van der Waals surface area (Å²) in [4.78, 5) is 16.7. The molecule has 0 amide bonds. The van der Waals surface area contributed by atoms with Crippen molar-refractivity contribution in [1.82, 2.24) is 4.98 Å². The van der Waals surface area contributed by atoms with Crippen molar-refractivity contribution in [3.63, 3.8) is 0 Å². The molecule has 0 aliphatic rings. The molecule has 31 heavy (non-hydrogen) atoms. The Morgan fingerprint density at radius 1 is 1.10 bits per heavy atom. The number of carbonyl (C=O) groups is 1. The predicted octanol–water partition coefficient (Wildman–Crippen LogP) is 6.15. The van der Waals surface area contributed by atoms with E-state index in [9.17, 15) is 19.7 Å². The molecule has 1 heterocycles. The van der Waals surface area contributed by atoms with Crippen molar-refractivity contribution < 1.29 is 9.18 Å². The molecule has 0 radical (unpaired) electrons. The highest BCUT2D eigenvalue weighted by molar-refractivity contribution is 8.00. The van der Waals surface area contributed by atoms with Crippen LogP contribution in [-0.2, 0) is 0 Å². The summed E-state index contributed by atoms with van der Waals surface area (Å²) >= 11 is 18.6. The van der Waals surface area contributed by atoms with Gasteiger partial charge in [0.05, 0.1) is 21.4 Å². The summed E-state index contributed by atoms with van der Waals surface area (Å²) in [5.41, 5.74) is 6.77. The summed E-state index contributed by atoms with van der Waals surface area (Å²) in [6.45, 7) is 0. The summed E-state index contributed by atoms with van der Waals surface area (Å²) in [7, 11) is 0. The van der Waals surface area contributed by atoms with Crippen LogP contribution in [0.25, 0.3) is 11.1 Å². The lowest BCUT2D eigenvalue weighted by atomic mass is 9.97. The first kappa shape index (κ1) is 22.9. The topological polar surface area (TPSA) is 104 Å². The fraction of sp³-hybridized carbons (Fsp3) is 0.0476. The van der Waals surface area contributed by atoms with Crippen LogP contribution in [0.3, 0.4) is 0 Å². The molecular weight excluding hydrogens is 482 g/mol. The number of thioether (sulfide) groups is 1. The second-order valence-electron chi connectivity index (χ2n) is 6.12. The minimum Gasteiger partial charge on any atom is -0.383 e. The molecule has 2 N–H and O–H groups in total. The molecule has 3 rings (SSSR count). The first-order valence-electron chi connectivity index (χ1n) is 8.47. The van der Waals surface area contributed by atoms with E-state index in [1.807, 2.05) is 12.1 Å². The number of nitrogens with two attached hydrogens (primary N) is 1. The number of nitrogen functional groups attached to an aromatic ring is 1. The zero-order valence-corrected chi connectivity index (χ0v) is 18.5. The number of ketones is 1. The van der Waals surface area contributed by atoms with Crippen LogP contribution in [0.2, 0.25) is 15.1 Å². The first-order valence-corrected chi connectivity index (χ1v) is 10.6. The number of halogens is 4. The van der Waals surface area contributed by atoms with Gasteiger partial charge in [-0.2, -0.15) is 10.5 Å². The summed E-state index contributed by atoms with van der Waals surface area (Å²) in [5.74, 6) is -1.57. The first-order chi connectivity index (χ1) is 14.8. The average Bonchev–Trinajstić information content (AvgIpc) is 2.73. The molecule has 0 bridgehead atoms. The summed E-state index contributed by atoms with van der Waals surface area (Å²) in [5, 5.41) is 19.7. The highest BCUT2D eigenvalue weighted by Gasteiger charge is 2.22. The molecule has 0 saturated carbocycles. The zero-order chi connectivity index (χ0) is 22.7. The molecule has 0 spiro atoms. The van der Waals surface area contributed by atoms with Crippen molar-refractivity contribution in [2.45, 2.75) is 5.03 Å². The maximum atomic E-state index is 13.7. The molecule has 3 aromatic rings. The van der Waals surface area contributed by atoms with Gasteiger partial charge < -0.3 is 5.73 Å². The maximum Gasteiger partial charge on any atom is 0.174 e. The fourth-order valence-corrected chi connectivity index (χ4v) is 4.34. The largest absolute Gasteiger partial charge is 0.383 e. The molecule has 0 fully saturated rings. The van der Waals surface area contributed by atoms with E-state index in [4.69, 9.17) is 40.5 Å². The summed E-state index contributed by atoms with van der Waals surface area (Å²) in [6, 6.07) is 12.7. The number of hydrogen-bond donors (Lipinski definition) is 1. The number of carbonyl (C=O) groups excluding carboxylic acids is 1. The highest BCUT2D eigenvalue weighted by Crippen LogP contribution is 2.37. The molecule has 0 unspecified atom stereocenters. The van der Waals surface area contributed by atoms with Crippen molar-refractivity contribution >= 4 is 58.2 Å². The number of benzene rings is 2. The number of pyridine rings is 1. The Morgan fingerprint density at radius 3 is 2.45 bits per heavy atom. The SMILES string of the molecule is N#Cc1c(N)nc(SCC(=O)c2cc(F)c(Cl)cc2Cl)c(C#N)c1-c1cccc(Cl)c1. The van der Waals surface area contributed by atoms with Gasteiger partial charge in [-0.1, -0.05) is 58.7 Å². The van der Waals surface area contributed by atoms with Crippen LogP contribution < -0.4 is 5.73 Å². The molecule has 10 heteroatoms. The molecule has 1 aromatic heterocycles. The molecule has 0 saturated heterocycles. The van der Waals surface area contributed by atoms with E-state index in [-0.39, 0.29) is 48.9 Å². The Hall–Kier alpha value is -2.81. The standard InChI is InChI=1S/C21H10Cl3FN4OS/c22-11-3-1-2-10(4-11)19-13(7-26)20(28)29-21(14(19)8-27)31-9-18(30)12-5-17(25)16(24)6-15(12)23/h1-6H,9H2,(H2,28,29). The summed E-state index contributed by atoms with van der Waals surface area (Å²) in [6.07, 6.45) is 0. The average molecular weight is 492 g/mol. The Morgan fingerprint density at radius 2 is 1.81 bits per heavy atom. The van der Waals surface area contributed by atoms with E-state index in [1.165, 1.54) is 0 Å². The van der Waals surface area contributed by atoms with E-state index in [2.05, 4.69) is 4.98 Å². The molecule has 0 aliphatic carbocycles. The number of hydrogen-bond acceptors (Lipinski definition) is 6. The lowest BCUT2D eigenvalue weighted by molar-refractivity contribution is 0.102. The monoisotopic (exact) mass is 490 g/mol. The van der Waals surface area contributed by atoms with E-state index in [1.54, 1.807) is 24.3 Å². The Labute approximate surface area is 196 Å². The van der Waals surface area contributed by atoms with Crippen molar-refractivity contribution in [3.05, 3.63) is 74.0 Å². The van der Waals surface area contributed by atoms with Crippen LogP contribution in [-0.4, -0.2) is 16.5 Å². The minimum atomic E-state index is -0.777. The molecule has 2 aromatic carbocycles. The van der Waals surface area contributed by atoms with E-state index < -0.39 is 11.6 Å². The number of nitriles is 2. The number of rotatable bonds is 5. The minimum absolute atomic E-state index is 0.00410. The molecular formula is C21H10Cl3FN4OS. The van der Waals surface area contributed by atoms with Crippen molar-refractivity contribution in [1.29, 1.82) is 10.5 Å². The van der Waals surface area contributed by atoms with Crippen molar-refractivity contribution in [2.75, 3.05) is 11.5 Å². The third-order valence-electron chi connectivity index (χ3n) is 4.18. The number of aromatic nitrogens is 1. The molecule has 154 valence electrons. The summed E-state index contributed by atoms with van der Waals surface area (Å²) < 4.78 is 13.7. The van der Waals surface area contributed by atoms with Gasteiger partial charge in [-0.15, -0.1) is 0 Å². The second-order valence-corrected chi connectivity index (χ2v) is 8.33. The second kappa shape index (κ2) is 9.55. The lowest BCUT2D eigenvalue weighted by Gasteiger charge is -2.13. The third kappa shape index (κ3) is 4.76. The number of nitrogens with zero attached hydrogens (tertiary/aromatic N) is 3. The van der Waals surface area contributed by atoms with Gasteiger partial charge in [0.2, 0.25) is 0 Å². The number of Topliss-reactive ketones (excluding diaryl/α,β-unsaturated/α-hetero) is 1. The van der Waals surface area contributed by atoms with Gasteiger partial charge in [0, 0.05) is 16.1 Å². The van der Waals surface area contributed by atoms with E-state index in [0.717, 1.165) is 23.9 Å². The maximum absolute atomic E-state index is 13.7. The fourth-order valence-electron chi connectivity index (χ4n) is 2.78. The van der Waals surface area contributed by atoms with Crippen LogP contribution >= 0.6 is 46.6 Å². The smallest absolute Gasteiger partial charge is 0.174 e. The van der Waals surface area contributed by atoms with E-state index in [0.29, 0.717) is 10.6 Å². The zero-order valence-electron chi connectivity index (χ0n) is 15.4. The molecule has 0 atom stereocenters. The quantitative estimate of drug-likeness (QED) is 0.261. The lowest BCUT2D eigenvalue weighted by Crippen LogP contribution is -2.07. The molecule has 5 nitrogen and oxygen atoms in total. The van der Waals surface area contributed by atoms with Crippen LogP contribution in [0.4, 0.5) is 10.2 Å². The van der Waals surface area contributed by atoms with Gasteiger partial charge in [0.1, 0.15) is 34.4 Å². The van der Waals surface area contributed by atoms with Crippen LogP contribution in [0.15, 0.2) is 41.4 Å². The van der Waals surface area contributed by atoms with Gasteiger partial charge in [-0.3, -0.25) is 4.79 Å². The van der Waals surface area contributed by atoms with Crippen molar-refractivity contribution in [2.24, 2.45) is 0 Å². The van der Waals surface area contributed by atoms with Crippen LogP contribution in [0, 0.1) is 28.5 Å². The Kier molecular flexibility index (Phi) is 7.04. The van der Waals surface area contributed by atoms with Crippen LogP contribution in [0.5, 0.6) is 0 Å². The predicted molar refractivity (Wildman–Crippen MR) is 120 cm³/mol. The normalized spacial score (nSPS) is 10.4. The van der Waals surface area contributed by atoms with Crippen molar-refractivity contribution in [3.8, 4) is 23.3 Å².